The third-order valence-corrected chi connectivity index (χ3v) is 10.0. The van der Waals surface area contributed by atoms with Gasteiger partial charge in [0.15, 0.2) is 0 Å². The van der Waals surface area contributed by atoms with E-state index in [9.17, 15) is 9.36 Å². The van der Waals surface area contributed by atoms with Crippen molar-refractivity contribution in [1.29, 1.82) is 0 Å². The van der Waals surface area contributed by atoms with Crippen molar-refractivity contribution in [3.63, 3.8) is 0 Å². The van der Waals surface area contributed by atoms with Gasteiger partial charge in [-0.2, -0.15) is 0 Å². The lowest BCUT2D eigenvalue weighted by Gasteiger charge is -2.30. The molecule has 1 fully saturated rings. The Morgan fingerprint density at radius 2 is 1.75 bits per heavy atom. The molecule has 3 aromatic rings. The van der Waals surface area contributed by atoms with Crippen molar-refractivity contribution in [3.05, 3.63) is 88.9 Å². The van der Waals surface area contributed by atoms with Gasteiger partial charge in [0.2, 0.25) is 0 Å². The van der Waals surface area contributed by atoms with Gasteiger partial charge in [-0.15, -0.1) is 0 Å². The molecule has 1 amide bonds. The Morgan fingerprint density at radius 1 is 1.00 bits per heavy atom. The average Bonchev–Trinajstić information content (AvgIpc) is 3.29. The second-order valence-corrected chi connectivity index (χ2v) is 13.2. The largest absolute Gasteiger partial charge is 0.489 e. The lowest BCUT2D eigenvalue weighted by atomic mass is 9.95. The fraction of sp³-hybridized carbons (Fsp3) is 0.367. The zero-order chi connectivity index (χ0) is 28.4. The van der Waals surface area contributed by atoms with E-state index >= 15 is 0 Å². The van der Waals surface area contributed by atoms with Gasteiger partial charge >= 0.3 is 13.7 Å². The van der Waals surface area contributed by atoms with Crippen LogP contribution in [0, 0.1) is 0 Å². The number of carbonyl (C=O) groups is 1. The highest BCUT2D eigenvalue weighted by Crippen LogP contribution is 2.51. The van der Waals surface area contributed by atoms with Crippen molar-refractivity contribution in [2.75, 3.05) is 26.0 Å². The number of nitrogens with one attached hydrogen (secondary N) is 1. The minimum absolute atomic E-state index is 0.0604. The maximum Gasteiger partial charge on any atom is 0.407 e. The van der Waals surface area contributed by atoms with Crippen LogP contribution < -0.4 is 10.1 Å². The van der Waals surface area contributed by atoms with E-state index in [2.05, 4.69) is 11.4 Å². The standard InChI is InChI=1S/C30H35ClNO6PS/c1-3-37-39(34,38-4-2)22-30(21-36-29(33)32-30)17-9-12-24-15-16-27(19-28(24)31)40-26-14-8-13-25(18-26)35-20-23-10-6-5-7-11-23/h5-8,10-11,13-16,18-19H,3-4,9,12,17,20-22H2,1-2H3,(H,32,33). The third kappa shape index (κ3) is 8.76. The Kier molecular flexibility index (Phi) is 11.0. The van der Waals surface area contributed by atoms with Crippen molar-refractivity contribution in [3.8, 4) is 5.75 Å². The van der Waals surface area contributed by atoms with E-state index in [1.807, 2.05) is 66.7 Å². The first kappa shape index (κ1) is 30.5. The van der Waals surface area contributed by atoms with E-state index in [1.165, 1.54) is 0 Å². The molecule has 1 aliphatic rings. The number of hydrogen-bond donors (Lipinski definition) is 1. The summed E-state index contributed by atoms with van der Waals surface area (Å²) in [6, 6.07) is 24.1. The molecule has 10 heteroatoms. The topological polar surface area (TPSA) is 83.1 Å². The van der Waals surface area contributed by atoms with Crippen LogP contribution >= 0.6 is 31.0 Å². The zero-order valence-electron chi connectivity index (χ0n) is 22.8. The van der Waals surface area contributed by atoms with Crippen LogP contribution in [-0.2, 0) is 31.4 Å². The number of ether oxygens (including phenoxy) is 2. The van der Waals surface area contributed by atoms with Gasteiger partial charge in [-0.1, -0.05) is 65.8 Å². The number of amides is 1. The number of benzene rings is 3. The maximum absolute atomic E-state index is 13.2. The molecular weight excluding hydrogens is 569 g/mol. The second-order valence-electron chi connectivity index (χ2n) is 9.54. The van der Waals surface area contributed by atoms with Crippen LogP contribution in [0.5, 0.6) is 5.75 Å². The molecule has 3 aromatic carbocycles. The molecule has 214 valence electrons. The molecule has 0 aliphatic carbocycles. The molecule has 40 heavy (non-hydrogen) atoms. The Hall–Kier alpha value is -2.48. The van der Waals surface area contributed by atoms with Gasteiger partial charge in [-0.3, -0.25) is 4.57 Å². The highest BCUT2D eigenvalue weighted by atomic mass is 35.5. The third-order valence-electron chi connectivity index (χ3n) is 6.41. The number of carbonyl (C=O) groups excluding carboxylic acids is 1. The minimum atomic E-state index is -3.38. The molecular formula is C30H35ClNO6PS. The normalized spacial score (nSPS) is 16.9. The summed E-state index contributed by atoms with van der Waals surface area (Å²) in [7, 11) is -3.38. The van der Waals surface area contributed by atoms with Gasteiger partial charge in [0, 0.05) is 14.8 Å². The fourth-order valence-electron chi connectivity index (χ4n) is 4.60. The van der Waals surface area contributed by atoms with Crippen LogP contribution in [0.3, 0.4) is 0 Å². The molecule has 4 rings (SSSR count). The van der Waals surface area contributed by atoms with Crippen LogP contribution in [0.15, 0.2) is 82.6 Å². The van der Waals surface area contributed by atoms with Gasteiger partial charge in [0.05, 0.1) is 24.9 Å². The molecule has 0 bridgehead atoms. The van der Waals surface area contributed by atoms with Gasteiger partial charge < -0.3 is 23.8 Å². The van der Waals surface area contributed by atoms with E-state index in [-0.39, 0.29) is 26.0 Å². The van der Waals surface area contributed by atoms with Crippen molar-refractivity contribution in [2.45, 2.75) is 55.0 Å². The summed E-state index contributed by atoms with van der Waals surface area (Å²) < 4.78 is 35.3. The first-order valence-electron chi connectivity index (χ1n) is 13.4. The summed E-state index contributed by atoms with van der Waals surface area (Å²) in [6.07, 6.45) is 1.48. The highest BCUT2D eigenvalue weighted by Gasteiger charge is 2.45. The van der Waals surface area contributed by atoms with E-state index < -0.39 is 19.2 Å². The zero-order valence-corrected chi connectivity index (χ0v) is 25.2. The predicted molar refractivity (Wildman–Crippen MR) is 159 cm³/mol. The van der Waals surface area contributed by atoms with Gasteiger partial charge in [0.25, 0.3) is 0 Å². The van der Waals surface area contributed by atoms with Crippen LogP contribution in [0.2, 0.25) is 5.02 Å². The molecule has 1 saturated heterocycles. The Bertz CT molecular complexity index is 1320. The Balaban J connectivity index is 1.34. The Morgan fingerprint density at radius 3 is 2.42 bits per heavy atom. The van der Waals surface area contributed by atoms with Crippen LogP contribution in [0.4, 0.5) is 4.79 Å². The SMILES string of the molecule is CCOP(=O)(CC1(CCCc2ccc(Sc3cccc(OCc4ccccc4)c3)cc2Cl)COC(=O)N1)OCC. The van der Waals surface area contributed by atoms with Crippen molar-refractivity contribution in [2.24, 2.45) is 0 Å². The molecule has 1 aliphatic heterocycles. The number of rotatable bonds is 15. The number of aryl methyl sites for hydroxylation is 1. The van der Waals surface area contributed by atoms with E-state index in [0.717, 1.165) is 26.7 Å². The summed E-state index contributed by atoms with van der Waals surface area (Å²) in [5, 5.41) is 3.54. The minimum Gasteiger partial charge on any atom is -0.489 e. The molecule has 0 aromatic heterocycles. The number of halogens is 1. The van der Waals surface area contributed by atoms with Gasteiger partial charge in [0.1, 0.15) is 19.0 Å². The molecule has 1 N–H and O–H groups in total. The lowest BCUT2D eigenvalue weighted by molar-refractivity contribution is 0.169. The molecule has 1 heterocycles. The monoisotopic (exact) mass is 603 g/mol. The molecule has 0 spiro atoms. The molecule has 0 saturated carbocycles. The van der Waals surface area contributed by atoms with Crippen molar-refractivity contribution < 1.29 is 27.9 Å². The summed E-state index contributed by atoms with van der Waals surface area (Å²) >= 11 is 8.29. The molecule has 7 nitrogen and oxygen atoms in total. The smallest absolute Gasteiger partial charge is 0.407 e. The van der Waals surface area contributed by atoms with E-state index in [0.29, 0.717) is 30.9 Å². The number of alkyl carbamates (subject to hydrolysis) is 1. The predicted octanol–water partition coefficient (Wildman–Crippen LogP) is 8.14. The Labute approximate surface area is 245 Å². The summed E-state index contributed by atoms with van der Waals surface area (Å²) in [5.74, 6) is 0.812. The van der Waals surface area contributed by atoms with E-state index in [4.69, 9.17) is 30.1 Å². The summed E-state index contributed by atoms with van der Waals surface area (Å²) in [4.78, 5) is 14.0. The second kappa shape index (κ2) is 14.4. The highest BCUT2D eigenvalue weighted by molar-refractivity contribution is 7.99. The molecule has 1 unspecified atom stereocenters. The average molecular weight is 604 g/mol. The number of cyclic esters (lactones) is 1. The van der Waals surface area contributed by atoms with E-state index in [1.54, 1.807) is 25.6 Å². The first-order valence-corrected chi connectivity index (χ1v) is 16.3. The summed E-state index contributed by atoms with van der Waals surface area (Å²) in [5.41, 5.74) is 1.31. The first-order chi connectivity index (χ1) is 19.3. The van der Waals surface area contributed by atoms with Crippen molar-refractivity contribution in [1.82, 2.24) is 5.32 Å². The lowest BCUT2D eigenvalue weighted by Crippen LogP contribution is -2.47. The van der Waals surface area contributed by atoms with Crippen LogP contribution in [0.25, 0.3) is 0 Å². The number of hydrogen-bond acceptors (Lipinski definition) is 7. The quantitative estimate of drug-likeness (QED) is 0.176. The van der Waals surface area contributed by atoms with Gasteiger partial charge in [-0.05, 0) is 74.6 Å². The van der Waals surface area contributed by atoms with Crippen LogP contribution in [0.1, 0.15) is 37.8 Å². The molecule has 0 radical (unpaired) electrons. The fourth-order valence-corrected chi connectivity index (χ4v) is 7.96. The van der Waals surface area contributed by atoms with Crippen molar-refractivity contribution >= 4 is 37.1 Å². The van der Waals surface area contributed by atoms with Crippen LogP contribution in [-0.4, -0.2) is 37.6 Å². The molecule has 1 atom stereocenters. The van der Waals surface area contributed by atoms with Gasteiger partial charge in [-0.25, -0.2) is 4.79 Å². The summed E-state index contributed by atoms with van der Waals surface area (Å²) in [6.45, 7) is 4.68. The maximum atomic E-state index is 13.2.